The van der Waals surface area contributed by atoms with Gasteiger partial charge in [0.15, 0.2) is 0 Å². The van der Waals surface area contributed by atoms with E-state index in [0.717, 1.165) is 0 Å². The van der Waals surface area contributed by atoms with Crippen LogP contribution in [0, 0.1) is 0 Å². The van der Waals surface area contributed by atoms with Gasteiger partial charge in [-0.25, -0.2) is 8.42 Å². The largest absolute Gasteiger partial charge is 0.460 e. The van der Waals surface area contributed by atoms with E-state index in [0.29, 0.717) is 106 Å². The number of ether oxygens (including phenoxy) is 13. The smallest absolute Gasteiger partial charge is 0.394 e. The first-order valence-corrected chi connectivity index (χ1v) is 23.3. The molecule has 0 aromatic carbocycles. The van der Waals surface area contributed by atoms with Crippen LogP contribution in [0.3, 0.4) is 0 Å². The number of aliphatic hydroxyl groups is 1. The number of alkyl halides is 17. The Hall–Kier alpha value is -1.84. The minimum absolute atomic E-state index is 0.00873. The van der Waals surface area contributed by atoms with E-state index >= 15 is 0 Å². The zero-order valence-electron chi connectivity index (χ0n) is 39.4. The van der Waals surface area contributed by atoms with Crippen LogP contribution in [0.15, 0.2) is 0 Å². The van der Waals surface area contributed by atoms with Gasteiger partial charge in [-0.1, -0.05) is 6.92 Å². The van der Waals surface area contributed by atoms with E-state index in [1.807, 2.05) is 0 Å². The van der Waals surface area contributed by atoms with Crippen molar-refractivity contribution in [3.05, 3.63) is 0 Å². The zero-order valence-corrected chi connectivity index (χ0v) is 40.2. The maximum Gasteiger partial charge on any atom is 0.460 e. The van der Waals surface area contributed by atoms with E-state index in [1.165, 1.54) is 0 Å². The summed E-state index contributed by atoms with van der Waals surface area (Å²) >= 11 is 0. The van der Waals surface area contributed by atoms with Gasteiger partial charge in [0.2, 0.25) is 0 Å². The third-order valence-electron chi connectivity index (χ3n) is 8.89. The predicted molar refractivity (Wildman–Crippen MR) is 215 cm³/mol. The lowest BCUT2D eigenvalue weighted by atomic mass is 9.91. The summed E-state index contributed by atoms with van der Waals surface area (Å²) in [5.41, 5.74) is 0. The molecule has 0 aliphatic heterocycles. The number of nitrogens with zero attached hydrogens (tertiary/aromatic N) is 1. The first kappa shape index (κ1) is 71.2. The molecule has 1 N–H and O–H groups in total. The summed E-state index contributed by atoms with van der Waals surface area (Å²) < 4.78 is 323. The molecule has 0 aromatic heterocycles. The standard InChI is InChI=1S/C38H62F17NO16S/c1-2-56(73(58,59)38(54,55)36(49,50)34(45,46)32(41,42)31(39,40)33(43,44)35(47,48)37(51,52)53)3-5-60-7-9-62-11-13-64-15-17-66-19-21-68-23-25-70-27-29-72-30-28-71-26-24-69-22-20-67-18-16-65-14-12-63-10-8-61-6-4-57/h57H,2-30H2,1H3. The summed E-state index contributed by atoms with van der Waals surface area (Å²) in [6.07, 6.45) is -7.92. The van der Waals surface area contributed by atoms with Crippen molar-refractivity contribution in [1.29, 1.82) is 0 Å². The van der Waals surface area contributed by atoms with Crippen LogP contribution < -0.4 is 0 Å². The van der Waals surface area contributed by atoms with E-state index in [2.05, 4.69) is 0 Å². The quantitative estimate of drug-likeness (QED) is 0.0648. The number of hydrogen-bond acceptors (Lipinski definition) is 16. The Balaban J connectivity index is 4.05. The van der Waals surface area contributed by atoms with Crippen LogP contribution in [-0.2, 0) is 71.6 Å². The Bertz CT molecular complexity index is 1510. The highest BCUT2D eigenvalue weighted by atomic mass is 32.2. The second-order valence-corrected chi connectivity index (χ2v) is 16.1. The van der Waals surface area contributed by atoms with Crippen LogP contribution in [0.5, 0.6) is 0 Å². The van der Waals surface area contributed by atoms with Gasteiger partial charge < -0.3 is 66.7 Å². The van der Waals surface area contributed by atoms with E-state index in [-0.39, 0.29) is 66.1 Å². The monoisotopic (exact) mass is 1140 g/mol. The second-order valence-electron chi connectivity index (χ2n) is 14.1. The molecular weight excluding hydrogens is 1080 g/mol. The van der Waals surface area contributed by atoms with Crippen LogP contribution in [0.2, 0.25) is 0 Å². The van der Waals surface area contributed by atoms with Crippen LogP contribution >= 0.6 is 0 Å². The molecule has 0 amide bonds. The van der Waals surface area contributed by atoms with Crippen molar-refractivity contribution < 1.29 is 150 Å². The molecule has 0 aliphatic carbocycles. The molecule has 0 spiro atoms. The molecular formula is C38H62F17NO16S. The van der Waals surface area contributed by atoms with Crippen LogP contribution in [-0.4, -0.2) is 256 Å². The van der Waals surface area contributed by atoms with Crippen LogP contribution in [0.25, 0.3) is 0 Å². The highest BCUT2D eigenvalue weighted by Gasteiger charge is 2.96. The molecule has 35 heteroatoms. The number of sulfonamides is 1. The van der Waals surface area contributed by atoms with Crippen LogP contribution in [0.1, 0.15) is 6.92 Å². The third kappa shape index (κ3) is 22.6. The fourth-order valence-electron chi connectivity index (χ4n) is 4.89. The second kappa shape index (κ2) is 35.5. The maximum atomic E-state index is 14.6. The van der Waals surface area contributed by atoms with E-state index in [1.54, 1.807) is 0 Å². The van der Waals surface area contributed by atoms with Crippen LogP contribution in [0.4, 0.5) is 74.6 Å². The predicted octanol–water partition coefficient (Wildman–Crippen LogP) is 4.81. The molecule has 0 saturated heterocycles. The van der Waals surface area contributed by atoms with Crippen molar-refractivity contribution >= 4 is 10.0 Å². The highest BCUT2D eigenvalue weighted by Crippen LogP contribution is 2.64. The Kier molecular flexibility index (Phi) is 34.7. The first-order chi connectivity index (χ1) is 34.0. The van der Waals surface area contributed by atoms with Crippen molar-refractivity contribution in [2.45, 2.75) is 53.9 Å². The molecule has 73 heavy (non-hydrogen) atoms. The van der Waals surface area contributed by atoms with Crippen molar-refractivity contribution in [3.63, 3.8) is 0 Å². The van der Waals surface area contributed by atoms with Crippen molar-refractivity contribution in [3.8, 4) is 0 Å². The number of aliphatic hydroxyl groups excluding tert-OH is 1. The van der Waals surface area contributed by atoms with Crippen molar-refractivity contribution in [1.82, 2.24) is 4.31 Å². The first-order valence-electron chi connectivity index (χ1n) is 21.8. The maximum absolute atomic E-state index is 14.6. The van der Waals surface area contributed by atoms with E-state index < -0.39 is 87.6 Å². The summed E-state index contributed by atoms with van der Waals surface area (Å²) in [6.45, 7) is 2.94. The van der Waals surface area contributed by atoms with Gasteiger partial charge in [-0.2, -0.15) is 78.9 Å². The molecule has 0 radical (unpaired) electrons. The van der Waals surface area contributed by atoms with Gasteiger partial charge in [-0.15, -0.1) is 0 Å². The van der Waals surface area contributed by atoms with Gasteiger partial charge in [0, 0.05) is 13.1 Å². The van der Waals surface area contributed by atoms with Gasteiger partial charge in [0.05, 0.1) is 178 Å². The molecule has 440 valence electrons. The fourth-order valence-corrected chi connectivity index (χ4v) is 6.33. The Morgan fingerprint density at radius 2 is 0.507 bits per heavy atom. The lowest BCUT2D eigenvalue weighted by Gasteiger charge is -2.43. The minimum Gasteiger partial charge on any atom is -0.394 e. The van der Waals surface area contributed by atoms with Gasteiger partial charge >= 0.3 is 47.0 Å². The Morgan fingerprint density at radius 3 is 0.712 bits per heavy atom. The summed E-state index contributed by atoms with van der Waals surface area (Å²) in [5.74, 6) is -52.0. The molecule has 0 heterocycles. The number of likely N-dealkylation sites (N-methyl/N-ethyl adjacent to an activating group) is 1. The number of halogens is 17. The molecule has 0 rings (SSSR count). The highest BCUT2D eigenvalue weighted by molar-refractivity contribution is 7.90. The third-order valence-corrected chi connectivity index (χ3v) is 10.9. The fraction of sp³-hybridized carbons (Fsp3) is 1.00. The van der Waals surface area contributed by atoms with E-state index in [4.69, 9.17) is 66.7 Å². The molecule has 0 aliphatic rings. The van der Waals surface area contributed by atoms with Gasteiger partial charge in [0.1, 0.15) is 0 Å². The average molecular weight is 1140 g/mol. The number of rotatable bonds is 50. The normalized spacial score (nSPS) is 14.0. The van der Waals surface area contributed by atoms with E-state index in [9.17, 15) is 83.1 Å². The van der Waals surface area contributed by atoms with Gasteiger partial charge in [0.25, 0.3) is 10.0 Å². The number of hydrogen-bond donors (Lipinski definition) is 1. The van der Waals surface area contributed by atoms with Crippen molar-refractivity contribution in [2.75, 3.05) is 191 Å². The lowest BCUT2D eigenvalue weighted by molar-refractivity contribution is -0.458. The molecule has 0 unspecified atom stereocenters. The lowest BCUT2D eigenvalue weighted by Crippen LogP contribution is -2.75. The van der Waals surface area contributed by atoms with Crippen molar-refractivity contribution in [2.24, 2.45) is 0 Å². The summed E-state index contributed by atoms with van der Waals surface area (Å²) in [6, 6.07) is 0. The Morgan fingerprint density at radius 1 is 0.315 bits per heavy atom. The molecule has 0 bridgehead atoms. The van der Waals surface area contributed by atoms with Gasteiger partial charge in [-0.3, -0.25) is 0 Å². The topological polar surface area (TPSA) is 178 Å². The van der Waals surface area contributed by atoms with Gasteiger partial charge in [-0.05, 0) is 0 Å². The molecule has 0 saturated carbocycles. The molecule has 17 nitrogen and oxygen atoms in total. The zero-order chi connectivity index (χ0) is 55.8. The average Bonchev–Trinajstić information content (AvgIpc) is 3.31. The molecule has 0 aromatic rings. The molecule has 0 atom stereocenters. The minimum atomic E-state index is -8.91. The summed E-state index contributed by atoms with van der Waals surface area (Å²) in [4.78, 5) is 0. The summed E-state index contributed by atoms with van der Waals surface area (Å²) in [5, 5.41) is 0.940. The summed E-state index contributed by atoms with van der Waals surface area (Å²) in [7, 11) is -7.41. The Labute approximate surface area is 409 Å². The molecule has 0 fully saturated rings. The SMILES string of the molecule is CCN(CCOCCOCCOCCOCCOCCOCCOCCOCCOCCOCCOCCOCCOCCO)S(=O)(=O)C(F)(F)C(F)(F)C(F)(F)C(F)(F)C(F)(F)C(F)(F)C(F)(F)C(F)(F)F.